The number of nitrogens with zero attached hydrogens (tertiary/aromatic N) is 1. The zero-order chi connectivity index (χ0) is 19.6. The first kappa shape index (κ1) is 19.7. The van der Waals surface area contributed by atoms with Gasteiger partial charge >= 0.3 is 0 Å². The van der Waals surface area contributed by atoms with Crippen LogP contribution in [0.25, 0.3) is 0 Å². The van der Waals surface area contributed by atoms with E-state index in [0.29, 0.717) is 28.8 Å². The van der Waals surface area contributed by atoms with Gasteiger partial charge in [0.15, 0.2) is 5.78 Å². The number of anilines is 1. The van der Waals surface area contributed by atoms with Gasteiger partial charge in [0.05, 0.1) is 16.1 Å². The fourth-order valence-electron chi connectivity index (χ4n) is 3.01. The van der Waals surface area contributed by atoms with Crippen LogP contribution in [0.1, 0.15) is 40.5 Å². The molecule has 1 saturated heterocycles. The zero-order valence-corrected chi connectivity index (χ0v) is 17.1. The van der Waals surface area contributed by atoms with Crippen molar-refractivity contribution in [2.75, 3.05) is 18.4 Å². The lowest BCUT2D eigenvalue weighted by molar-refractivity contribution is 0.101. The monoisotopic (exact) mass is 450 g/mol. The Bertz CT molecular complexity index is 999. The molecule has 0 unspecified atom stereocenters. The summed E-state index contributed by atoms with van der Waals surface area (Å²) in [6.07, 6.45) is 1.68. The summed E-state index contributed by atoms with van der Waals surface area (Å²) in [5.74, 6) is -0.663. The number of sulfonamides is 1. The summed E-state index contributed by atoms with van der Waals surface area (Å²) in [5.41, 5.74) is 0.964. The average Bonchev–Trinajstić information content (AvgIpc) is 3.17. The Morgan fingerprint density at radius 2 is 1.70 bits per heavy atom. The van der Waals surface area contributed by atoms with Crippen molar-refractivity contribution in [1.29, 1.82) is 0 Å². The Labute approximate surface area is 166 Å². The molecule has 2 aromatic carbocycles. The average molecular weight is 451 g/mol. The van der Waals surface area contributed by atoms with E-state index < -0.39 is 15.9 Å². The molecule has 0 saturated carbocycles. The minimum Gasteiger partial charge on any atom is -0.321 e. The maximum Gasteiger partial charge on any atom is 0.256 e. The summed E-state index contributed by atoms with van der Waals surface area (Å²) in [4.78, 5) is 24.6. The maximum atomic E-state index is 12.8. The number of rotatable bonds is 5. The molecule has 2 aromatic rings. The molecule has 6 nitrogen and oxygen atoms in total. The molecule has 1 aliphatic rings. The minimum atomic E-state index is -3.63. The fourth-order valence-corrected chi connectivity index (χ4v) is 4.98. The molecular weight excluding hydrogens is 432 g/mol. The molecule has 8 heteroatoms. The van der Waals surface area contributed by atoms with Crippen LogP contribution in [-0.4, -0.2) is 37.5 Å². The second-order valence-corrected chi connectivity index (χ2v) is 9.10. The molecule has 0 radical (unpaired) electrons. The van der Waals surface area contributed by atoms with Crippen molar-refractivity contribution < 1.29 is 18.0 Å². The first-order valence-electron chi connectivity index (χ1n) is 8.52. The van der Waals surface area contributed by atoms with E-state index in [4.69, 9.17) is 0 Å². The van der Waals surface area contributed by atoms with Gasteiger partial charge in [-0.2, -0.15) is 4.31 Å². The number of Topliss-reactive ketones (excluding diaryl/α,β-unsaturated/α-hetero) is 1. The van der Waals surface area contributed by atoms with Crippen molar-refractivity contribution in [2.45, 2.75) is 24.7 Å². The lowest BCUT2D eigenvalue weighted by Crippen LogP contribution is -2.28. The van der Waals surface area contributed by atoms with Gasteiger partial charge in [-0.1, -0.05) is 12.1 Å². The zero-order valence-electron chi connectivity index (χ0n) is 14.7. The van der Waals surface area contributed by atoms with Gasteiger partial charge in [0.1, 0.15) is 0 Å². The molecular formula is C19H19BrN2O4S. The third kappa shape index (κ3) is 4.12. The normalized spacial score (nSPS) is 14.9. The number of para-hydroxylation sites is 1. The van der Waals surface area contributed by atoms with Crippen LogP contribution in [0.15, 0.2) is 51.8 Å². The number of hydrogen-bond donors (Lipinski definition) is 1. The van der Waals surface area contributed by atoms with E-state index >= 15 is 0 Å². The summed E-state index contributed by atoms with van der Waals surface area (Å²) in [6, 6.07) is 11.1. The maximum absolute atomic E-state index is 12.8. The molecule has 0 bridgehead atoms. The minimum absolute atomic E-state index is 0.0811. The number of nitrogens with one attached hydrogen (secondary N) is 1. The number of hydrogen-bond acceptors (Lipinski definition) is 4. The third-order valence-electron chi connectivity index (χ3n) is 4.44. The van der Waals surface area contributed by atoms with Crippen LogP contribution in [0.4, 0.5) is 5.69 Å². The summed E-state index contributed by atoms with van der Waals surface area (Å²) < 4.78 is 27.4. The quantitative estimate of drug-likeness (QED) is 0.703. The fraction of sp³-hybridized carbons (Fsp3) is 0.263. The molecule has 0 atom stereocenters. The topological polar surface area (TPSA) is 83.5 Å². The number of halogens is 1. The van der Waals surface area contributed by atoms with E-state index in [1.165, 1.54) is 23.4 Å². The lowest BCUT2D eigenvalue weighted by atomic mass is 10.1. The van der Waals surface area contributed by atoms with Gasteiger partial charge in [0, 0.05) is 23.1 Å². The molecule has 0 aliphatic carbocycles. The Morgan fingerprint density at radius 3 is 2.37 bits per heavy atom. The number of ketones is 1. The van der Waals surface area contributed by atoms with E-state index in [1.807, 2.05) is 0 Å². The van der Waals surface area contributed by atoms with Crippen molar-refractivity contribution in [3.8, 4) is 0 Å². The van der Waals surface area contributed by atoms with Crippen molar-refractivity contribution >= 4 is 43.3 Å². The molecule has 1 aliphatic heterocycles. The highest BCUT2D eigenvalue weighted by molar-refractivity contribution is 9.10. The van der Waals surface area contributed by atoms with Gasteiger partial charge in [0.2, 0.25) is 10.0 Å². The second kappa shape index (κ2) is 7.92. The number of carbonyl (C=O) groups is 2. The van der Waals surface area contributed by atoms with Crippen LogP contribution < -0.4 is 5.32 Å². The predicted molar refractivity (Wildman–Crippen MR) is 107 cm³/mol. The van der Waals surface area contributed by atoms with Crippen molar-refractivity contribution in [3.63, 3.8) is 0 Å². The number of carbonyl (C=O) groups excluding carboxylic acids is 2. The highest BCUT2D eigenvalue weighted by atomic mass is 79.9. The Morgan fingerprint density at radius 1 is 1.04 bits per heavy atom. The van der Waals surface area contributed by atoms with Gasteiger partial charge in [-0.25, -0.2) is 8.42 Å². The molecule has 0 aromatic heterocycles. The van der Waals surface area contributed by atoms with Crippen LogP contribution >= 0.6 is 15.9 Å². The number of benzene rings is 2. The standard InChI is InChI=1S/C19H19BrN2O4S/c1-13(23)15-6-2-3-7-18(15)21-19(24)16-12-14(8-9-17(16)20)27(25,26)22-10-4-5-11-22/h2-3,6-9,12H,4-5,10-11H2,1H3,(H,21,24). The Hall–Kier alpha value is -2.03. The van der Waals surface area contributed by atoms with Crippen molar-refractivity contribution in [1.82, 2.24) is 4.31 Å². The van der Waals surface area contributed by atoms with Crippen LogP contribution in [0.3, 0.4) is 0 Å². The van der Waals surface area contributed by atoms with Crippen LogP contribution in [0.5, 0.6) is 0 Å². The van der Waals surface area contributed by atoms with E-state index in [-0.39, 0.29) is 16.2 Å². The first-order chi connectivity index (χ1) is 12.8. The molecule has 142 valence electrons. The molecule has 27 heavy (non-hydrogen) atoms. The third-order valence-corrected chi connectivity index (χ3v) is 7.03. The first-order valence-corrected chi connectivity index (χ1v) is 10.7. The van der Waals surface area contributed by atoms with E-state index in [9.17, 15) is 18.0 Å². The highest BCUT2D eigenvalue weighted by Gasteiger charge is 2.28. The van der Waals surface area contributed by atoms with Crippen LogP contribution in [0.2, 0.25) is 0 Å². The summed E-state index contributed by atoms with van der Waals surface area (Å²) >= 11 is 3.31. The summed E-state index contributed by atoms with van der Waals surface area (Å²) in [5, 5.41) is 2.70. The van der Waals surface area contributed by atoms with Gasteiger partial charge in [0.25, 0.3) is 5.91 Å². The highest BCUT2D eigenvalue weighted by Crippen LogP contribution is 2.26. The largest absolute Gasteiger partial charge is 0.321 e. The van der Waals surface area contributed by atoms with Gasteiger partial charge in [-0.05, 0) is 66.0 Å². The predicted octanol–water partition coefficient (Wildman–Crippen LogP) is 3.69. The molecule has 0 spiro atoms. The van der Waals surface area contributed by atoms with E-state index in [0.717, 1.165) is 12.8 Å². The lowest BCUT2D eigenvalue weighted by Gasteiger charge is -2.16. The Kier molecular flexibility index (Phi) is 5.78. The van der Waals surface area contributed by atoms with Crippen LogP contribution in [0, 0.1) is 0 Å². The number of amides is 1. The van der Waals surface area contributed by atoms with Crippen molar-refractivity contribution in [2.24, 2.45) is 0 Å². The molecule has 1 heterocycles. The molecule has 3 rings (SSSR count). The van der Waals surface area contributed by atoms with Gasteiger partial charge < -0.3 is 5.32 Å². The van der Waals surface area contributed by atoms with Crippen molar-refractivity contribution in [3.05, 3.63) is 58.1 Å². The SMILES string of the molecule is CC(=O)c1ccccc1NC(=O)c1cc(S(=O)(=O)N2CCCC2)ccc1Br. The smallest absolute Gasteiger partial charge is 0.256 e. The van der Waals surface area contributed by atoms with Gasteiger partial charge in [-0.3, -0.25) is 9.59 Å². The summed E-state index contributed by atoms with van der Waals surface area (Å²) in [6.45, 7) is 2.40. The Balaban J connectivity index is 1.93. The van der Waals surface area contributed by atoms with E-state index in [1.54, 1.807) is 30.3 Å². The van der Waals surface area contributed by atoms with Gasteiger partial charge in [-0.15, -0.1) is 0 Å². The molecule has 1 amide bonds. The molecule has 1 fully saturated rings. The summed E-state index contributed by atoms with van der Waals surface area (Å²) in [7, 11) is -3.63. The molecule has 1 N–H and O–H groups in total. The van der Waals surface area contributed by atoms with E-state index in [2.05, 4.69) is 21.2 Å². The second-order valence-electron chi connectivity index (χ2n) is 6.31. The van der Waals surface area contributed by atoms with Crippen LogP contribution in [-0.2, 0) is 10.0 Å².